The van der Waals surface area contributed by atoms with Crippen LogP contribution in [0.1, 0.15) is 31.9 Å². The number of nitrogens with two attached hydrogens (primary N) is 1. The smallest absolute Gasteiger partial charge is 0.0417 e. The summed E-state index contributed by atoms with van der Waals surface area (Å²) in [5.41, 5.74) is 8.43. The molecule has 0 amide bonds. The van der Waals surface area contributed by atoms with Crippen molar-refractivity contribution >= 4 is 5.69 Å². The lowest BCUT2D eigenvalue weighted by Crippen LogP contribution is -2.26. The van der Waals surface area contributed by atoms with Crippen molar-refractivity contribution in [2.75, 3.05) is 18.0 Å². The van der Waals surface area contributed by atoms with Crippen molar-refractivity contribution in [3.63, 3.8) is 0 Å². The van der Waals surface area contributed by atoms with E-state index >= 15 is 0 Å². The molecular weight excluding hydrogens is 196 g/mol. The Morgan fingerprint density at radius 1 is 1.44 bits per heavy atom. The quantitative estimate of drug-likeness (QED) is 0.743. The van der Waals surface area contributed by atoms with Gasteiger partial charge in [-0.1, -0.05) is 31.2 Å². The van der Waals surface area contributed by atoms with Crippen LogP contribution in [0.2, 0.25) is 0 Å². The topological polar surface area (TPSA) is 29.3 Å². The SMILES string of the molecule is C=CCN(CCC)c1ccccc1[C@H](C)N. The van der Waals surface area contributed by atoms with E-state index in [-0.39, 0.29) is 6.04 Å². The summed E-state index contributed by atoms with van der Waals surface area (Å²) >= 11 is 0. The average molecular weight is 218 g/mol. The summed E-state index contributed by atoms with van der Waals surface area (Å²) in [5.74, 6) is 0. The van der Waals surface area contributed by atoms with Gasteiger partial charge in [0.05, 0.1) is 0 Å². The zero-order chi connectivity index (χ0) is 12.0. The van der Waals surface area contributed by atoms with Gasteiger partial charge in [0.15, 0.2) is 0 Å². The standard InChI is InChI=1S/C14H22N2/c1-4-10-16(11-5-2)14-9-7-6-8-13(14)12(3)15/h4,6-9,12H,1,5,10-11,15H2,2-3H3/t12-/m0/s1. The van der Waals surface area contributed by atoms with Crippen LogP contribution in [0.3, 0.4) is 0 Å². The van der Waals surface area contributed by atoms with Crippen LogP contribution >= 0.6 is 0 Å². The van der Waals surface area contributed by atoms with Crippen molar-refractivity contribution < 1.29 is 0 Å². The molecule has 1 atom stereocenters. The molecule has 0 aliphatic carbocycles. The van der Waals surface area contributed by atoms with E-state index in [1.54, 1.807) is 0 Å². The first kappa shape index (κ1) is 12.8. The van der Waals surface area contributed by atoms with E-state index in [1.165, 1.54) is 11.3 Å². The summed E-state index contributed by atoms with van der Waals surface area (Å²) in [6.45, 7) is 9.93. The lowest BCUT2D eigenvalue weighted by Gasteiger charge is -2.26. The van der Waals surface area contributed by atoms with E-state index in [2.05, 4.69) is 36.6 Å². The highest BCUT2D eigenvalue weighted by Gasteiger charge is 2.11. The largest absolute Gasteiger partial charge is 0.368 e. The minimum atomic E-state index is 0.0698. The Kier molecular flexibility index (Phi) is 5.06. The number of hydrogen-bond acceptors (Lipinski definition) is 2. The van der Waals surface area contributed by atoms with Gasteiger partial charge in [-0.2, -0.15) is 0 Å². The van der Waals surface area contributed by atoms with Gasteiger partial charge >= 0.3 is 0 Å². The third-order valence-corrected chi connectivity index (χ3v) is 2.61. The van der Waals surface area contributed by atoms with Gasteiger partial charge in [-0.3, -0.25) is 0 Å². The molecule has 0 spiro atoms. The Hall–Kier alpha value is -1.28. The minimum absolute atomic E-state index is 0.0698. The molecule has 2 heteroatoms. The highest BCUT2D eigenvalue weighted by atomic mass is 15.1. The number of para-hydroxylation sites is 1. The lowest BCUT2D eigenvalue weighted by atomic mass is 10.1. The van der Waals surface area contributed by atoms with Gasteiger partial charge in [0, 0.05) is 24.8 Å². The van der Waals surface area contributed by atoms with Crippen LogP contribution in [0.4, 0.5) is 5.69 Å². The first-order chi connectivity index (χ1) is 7.70. The molecule has 0 aliphatic rings. The fourth-order valence-electron chi connectivity index (χ4n) is 1.90. The van der Waals surface area contributed by atoms with Gasteiger partial charge < -0.3 is 10.6 Å². The van der Waals surface area contributed by atoms with Gasteiger partial charge in [-0.25, -0.2) is 0 Å². The Labute approximate surface area is 98.8 Å². The fourth-order valence-corrected chi connectivity index (χ4v) is 1.90. The van der Waals surface area contributed by atoms with Crippen molar-refractivity contribution in [3.8, 4) is 0 Å². The third-order valence-electron chi connectivity index (χ3n) is 2.61. The molecule has 0 bridgehead atoms. The second-order valence-electron chi connectivity index (χ2n) is 4.08. The van der Waals surface area contributed by atoms with Crippen molar-refractivity contribution in [2.45, 2.75) is 26.3 Å². The van der Waals surface area contributed by atoms with E-state index < -0.39 is 0 Å². The van der Waals surface area contributed by atoms with E-state index in [1.807, 2.05) is 19.1 Å². The molecule has 2 nitrogen and oxygen atoms in total. The molecule has 1 aromatic carbocycles. The molecule has 2 N–H and O–H groups in total. The van der Waals surface area contributed by atoms with Crippen LogP contribution in [0, 0.1) is 0 Å². The normalized spacial score (nSPS) is 12.2. The Morgan fingerprint density at radius 3 is 2.69 bits per heavy atom. The van der Waals surface area contributed by atoms with Gasteiger partial charge in [-0.15, -0.1) is 6.58 Å². The number of hydrogen-bond donors (Lipinski definition) is 1. The van der Waals surface area contributed by atoms with Crippen molar-refractivity contribution in [1.29, 1.82) is 0 Å². The molecule has 1 aromatic rings. The highest BCUT2D eigenvalue weighted by Crippen LogP contribution is 2.25. The molecule has 0 saturated heterocycles. The second-order valence-corrected chi connectivity index (χ2v) is 4.08. The van der Waals surface area contributed by atoms with Gasteiger partial charge in [0.2, 0.25) is 0 Å². The molecule has 0 saturated carbocycles. The third kappa shape index (κ3) is 3.11. The molecule has 1 rings (SSSR count). The summed E-state index contributed by atoms with van der Waals surface area (Å²) in [5, 5.41) is 0. The molecule has 88 valence electrons. The maximum Gasteiger partial charge on any atom is 0.0417 e. The predicted octanol–water partition coefficient (Wildman–Crippen LogP) is 3.11. The zero-order valence-corrected chi connectivity index (χ0v) is 10.3. The Morgan fingerprint density at radius 2 is 2.12 bits per heavy atom. The van der Waals surface area contributed by atoms with Crippen LogP contribution in [-0.4, -0.2) is 13.1 Å². The van der Waals surface area contributed by atoms with Crippen molar-refractivity contribution in [2.24, 2.45) is 5.73 Å². The van der Waals surface area contributed by atoms with Crippen LogP contribution in [0.25, 0.3) is 0 Å². The van der Waals surface area contributed by atoms with Crippen LogP contribution < -0.4 is 10.6 Å². The molecule has 0 fully saturated rings. The molecule has 0 aromatic heterocycles. The Balaban J connectivity index is 3.01. The van der Waals surface area contributed by atoms with Gasteiger partial charge in [-0.05, 0) is 25.0 Å². The van der Waals surface area contributed by atoms with Gasteiger partial charge in [0.25, 0.3) is 0 Å². The maximum absolute atomic E-state index is 5.99. The highest BCUT2D eigenvalue weighted by molar-refractivity contribution is 5.55. The molecule has 0 unspecified atom stereocenters. The molecule has 16 heavy (non-hydrogen) atoms. The zero-order valence-electron chi connectivity index (χ0n) is 10.3. The van der Waals surface area contributed by atoms with Crippen LogP contribution in [0.15, 0.2) is 36.9 Å². The number of rotatable bonds is 6. The summed E-state index contributed by atoms with van der Waals surface area (Å²) in [6, 6.07) is 8.41. The van der Waals surface area contributed by atoms with E-state index in [0.29, 0.717) is 0 Å². The van der Waals surface area contributed by atoms with Gasteiger partial charge in [0.1, 0.15) is 0 Å². The number of benzene rings is 1. The minimum Gasteiger partial charge on any atom is -0.368 e. The average Bonchev–Trinajstić information content (AvgIpc) is 2.29. The molecule has 0 radical (unpaired) electrons. The Bertz CT molecular complexity index is 331. The van der Waals surface area contributed by atoms with E-state index in [9.17, 15) is 0 Å². The second kappa shape index (κ2) is 6.33. The number of nitrogens with zero attached hydrogens (tertiary/aromatic N) is 1. The first-order valence-electron chi connectivity index (χ1n) is 5.91. The molecule has 0 aliphatic heterocycles. The monoisotopic (exact) mass is 218 g/mol. The summed E-state index contributed by atoms with van der Waals surface area (Å²) in [7, 11) is 0. The molecular formula is C14H22N2. The maximum atomic E-state index is 5.99. The van der Waals surface area contributed by atoms with Crippen molar-refractivity contribution in [1.82, 2.24) is 0 Å². The van der Waals surface area contributed by atoms with Crippen molar-refractivity contribution in [3.05, 3.63) is 42.5 Å². The summed E-state index contributed by atoms with van der Waals surface area (Å²) in [4.78, 5) is 2.33. The fraction of sp³-hybridized carbons (Fsp3) is 0.429. The first-order valence-corrected chi connectivity index (χ1v) is 5.91. The number of anilines is 1. The lowest BCUT2D eigenvalue weighted by molar-refractivity contribution is 0.775. The predicted molar refractivity (Wildman–Crippen MR) is 71.7 cm³/mol. The van der Waals surface area contributed by atoms with Crippen LogP contribution in [0.5, 0.6) is 0 Å². The summed E-state index contributed by atoms with van der Waals surface area (Å²) < 4.78 is 0. The van der Waals surface area contributed by atoms with Crippen LogP contribution in [-0.2, 0) is 0 Å². The summed E-state index contributed by atoms with van der Waals surface area (Å²) in [6.07, 6.45) is 3.06. The molecule has 0 heterocycles. The van der Waals surface area contributed by atoms with E-state index in [4.69, 9.17) is 5.73 Å². The van der Waals surface area contributed by atoms with E-state index in [0.717, 1.165) is 19.5 Å².